The smallest absolute Gasteiger partial charge is 0.338 e. The molecule has 26 heavy (non-hydrogen) atoms. The maximum atomic E-state index is 12.4. The van der Waals surface area contributed by atoms with Gasteiger partial charge in [0.15, 0.2) is 0 Å². The second-order valence-electron chi connectivity index (χ2n) is 6.25. The normalized spacial score (nSPS) is 15.2. The van der Waals surface area contributed by atoms with Crippen molar-refractivity contribution in [3.05, 3.63) is 52.8 Å². The largest absolute Gasteiger partial charge is 0.478 e. The number of likely N-dealkylation sites (tertiary alicyclic amines) is 1. The lowest BCUT2D eigenvalue weighted by Gasteiger charge is -2.32. The van der Waals surface area contributed by atoms with Gasteiger partial charge in [0, 0.05) is 30.1 Å². The summed E-state index contributed by atoms with van der Waals surface area (Å²) in [5, 5.41) is 13.8. The molecule has 0 radical (unpaired) electrons. The Bertz CT molecular complexity index is 770. The van der Waals surface area contributed by atoms with E-state index in [-0.39, 0.29) is 17.5 Å². The van der Waals surface area contributed by atoms with Crippen molar-refractivity contribution in [1.29, 1.82) is 0 Å². The number of carboxylic acids is 1. The molecule has 0 unspecified atom stereocenters. The first kappa shape index (κ1) is 18.8. The summed E-state index contributed by atoms with van der Waals surface area (Å²) < 4.78 is 1.71. The third-order valence-corrected chi connectivity index (χ3v) is 5.69. The van der Waals surface area contributed by atoms with Gasteiger partial charge in [0.05, 0.1) is 23.6 Å². The van der Waals surface area contributed by atoms with E-state index in [4.69, 9.17) is 16.7 Å². The third-order valence-electron chi connectivity index (χ3n) is 4.45. The number of hydrogen-bond donors (Lipinski definition) is 1. The molecule has 0 spiro atoms. The van der Waals surface area contributed by atoms with E-state index in [1.54, 1.807) is 22.6 Å². The number of aromatic carboxylic acids is 1. The summed E-state index contributed by atoms with van der Waals surface area (Å²) in [4.78, 5) is 25.2. The molecule has 0 aliphatic carbocycles. The molecule has 3 rings (SSSR count). The van der Waals surface area contributed by atoms with Crippen molar-refractivity contribution >= 4 is 35.2 Å². The number of halogens is 1. The number of thioether (sulfide) groups is 1. The van der Waals surface area contributed by atoms with Crippen LogP contribution in [-0.4, -0.2) is 50.5 Å². The lowest BCUT2D eigenvalue weighted by Crippen LogP contribution is -2.40. The van der Waals surface area contributed by atoms with Gasteiger partial charge >= 0.3 is 5.97 Å². The highest BCUT2D eigenvalue weighted by Gasteiger charge is 2.24. The van der Waals surface area contributed by atoms with Gasteiger partial charge in [-0.2, -0.15) is 5.10 Å². The summed E-state index contributed by atoms with van der Waals surface area (Å²) in [6.45, 7) is 1.35. The number of benzene rings is 1. The van der Waals surface area contributed by atoms with E-state index in [9.17, 15) is 9.59 Å². The van der Waals surface area contributed by atoms with Gasteiger partial charge in [-0.1, -0.05) is 23.7 Å². The molecular weight excluding hydrogens is 374 g/mol. The SMILES string of the molecule is O=C(O)c1cnn(C2CCN(C(=O)CSCc3ccc(Cl)cc3)CC2)c1. The van der Waals surface area contributed by atoms with E-state index in [2.05, 4.69) is 5.10 Å². The van der Waals surface area contributed by atoms with Crippen LogP contribution in [0.5, 0.6) is 0 Å². The molecule has 1 amide bonds. The van der Waals surface area contributed by atoms with Gasteiger partial charge < -0.3 is 10.0 Å². The summed E-state index contributed by atoms with van der Waals surface area (Å²) in [5.74, 6) is 0.415. The number of amides is 1. The fraction of sp³-hybridized carbons (Fsp3) is 0.389. The lowest BCUT2D eigenvalue weighted by atomic mass is 10.1. The molecule has 0 atom stereocenters. The van der Waals surface area contributed by atoms with Crippen LogP contribution >= 0.6 is 23.4 Å². The summed E-state index contributed by atoms with van der Waals surface area (Å²) in [6, 6.07) is 7.81. The zero-order valence-corrected chi connectivity index (χ0v) is 15.7. The van der Waals surface area contributed by atoms with E-state index >= 15 is 0 Å². The summed E-state index contributed by atoms with van der Waals surface area (Å²) in [5.41, 5.74) is 1.35. The first-order chi connectivity index (χ1) is 12.5. The van der Waals surface area contributed by atoms with Crippen LogP contribution in [0.2, 0.25) is 5.02 Å². The highest BCUT2D eigenvalue weighted by atomic mass is 35.5. The summed E-state index contributed by atoms with van der Waals surface area (Å²) >= 11 is 7.47. The Morgan fingerprint density at radius 3 is 2.54 bits per heavy atom. The van der Waals surface area contributed by atoms with Crippen molar-refractivity contribution in [2.75, 3.05) is 18.8 Å². The van der Waals surface area contributed by atoms with E-state index in [1.807, 2.05) is 29.2 Å². The van der Waals surface area contributed by atoms with Crippen LogP contribution < -0.4 is 0 Å². The number of nitrogens with zero attached hydrogens (tertiary/aromatic N) is 3. The Morgan fingerprint density at radius 2 is 1.92 bits per heavy atom. The van der Waals surface area contributed by atoms with Crippen molar-refractivity contribution in [2.24, 2.45) is 0 Å². The van der Waals surface area contributed by atoms with Crippen molar-refractivity contribution in [3.63, 3.8) is 0 Å². The van der Waals surface area contributed by atoms with E-state index in [1.165, 1.54) is 6.20 Å². The van der Waals surface area contributed by atoms with Gasteiger partial charge in [0.2, 0.25) is 5.91 Å². The third kappa shape index (κ3) is 4.80. The van der Waals surface area contributed by atoms with Crippen LogP contribution in [-0.2, 0) is 10.5 Å². The highest BCUT2D eigenvalue weighted by molar-refractivity contribution is 7.99. The maximum absolute atomic E-state index is 12.4. The van der Waals surface area contributed by atoms with Crippen molar-refractivity contribution in [3.8, 4) is 0 Å². The molecule has 2 heterocycles. The fourth-order valence-electron chi connectivity index (χ4n) is 2.96. The number of carbonyl (C=O) groups is 2. The quantitative estimate of drug-likeness (QED) is 0.814. The first-order valence-corrected chi connectivity index (χ1v) is 9.93. The molecule has 1 aromatic heterocycles. The Balaban J connectivity index is 1.42. The van der Waals surface area contributed by atoms with Gasteiger partial charge in [-0.3, -0.25) is 9.48 Å². The first-order valence-electron chi connectivity index (χ1n) is 8.40. The Labute approximate surface area is 161 Å². The molecule has 2 aromatic rings. The topological polar surface area (TPSA) is 75.4 Å². The van der Waals surface area contributed by atoms with Crippen molar-refractivity contribution in [1.82, 2.24) is 14.7 Å². The van der Waals surface area contributed by atoms with Gasteiger partial charge in [-0.25, -0.2) is 4.79 Å². The van der Waals surface area contributed by atoms with Crippen LogP contribution in [0.25, 0.3) is 0 Å². The predicted octanol–water partition coefficient (Wildman–Crippen LogP) is 3.33. The fourth-order valence-corrected chi connectivity index (χ4v) is 3.97. The van der Waals surface area contributed by atoms with Gasteiger partial charge in [0.1, 0.15) is 0 Å². The zero-order chi connectivity index (χ0) is 18.5. The van der Waals surface area contributed by atoms with Crippen LogP contribution in [0.4, 0.5) is 0 Å². The Kier molecular flexibility index (Phi) is 6.21. The van der Waals surface area contributed by atoms with E-state index in [0.717, 1.165) is 24.2 Å². The van der Waals surface area contributed by atoms with Crippen LogP contribution in [0.1, 0.15) is 34.8 Å². The second kappa shape index (κ2) is 8.60. The minimum Gasteiger partial charge on any atom is -0.478 e. The second-order valence-corrected chi connectivity index (χ2v) is 7.67. The Morgan fingerprint density at radius 1 is 1.23 bits per heavy atom. The average molecular weight is 394 g/mol. The molecule has 6 nitrogen and oxygen atoms in total. The minimum atomic E-state index is -0.971. The van der Waals surface area contributed by atoms with Crippen molar-refractivity contribution in [2.45, 2.75) is 24.6 Å². The number of piperidine rings is 1. The Hall–Kier alpha value is -1.99. The molecule has 1 N–H and O–H groups in total. The summed E-state index contributed by atoms with van der Waals surface area (Å²) in [6.07, 6.45) is 4.50. The highest BCUT2D eigenvalue weighted by Crippen LogP contribution is 2.23. The number of rotatable bonds is 6. The number of aromatic nitrogens is 2. The lowest BCUT2D eigenvalue weighted by molar-refractivity contribution is -0.129. The molecule has 1 fully saturated rings. The molecule has 1 saturated heterocycles. The van der Waals surface area contributed by atoms with Gasteiger partial charge in [-0.05, 0) is 30.5 Å². The number of hydrogen-bond acceptors (Lipinski definition) is 4. The maximum Gasteiger partial charge on any atom is 0.338 e. The van der Waals surface area contributed by atoms with Crippen LogP contribution in [0, 0.1) is 0 Å². The zero-order valence-electron chi connectivity index (χ0n) is 14.2. The molecule has 1 aromatic carbocycles. The standard InChI is InChI=1S/C18H20ClN3O3S/c19-15-3-1-13(2-4-15)11-26-12-17(23)21-7-5-16(6-8-21)22-10-14(9-20-22)18(24)25/h1-4,9-10,16H,5-8,11-12H2,(H,24,25). The molecule has 1 aliphatic rings. The molecule has 1 aliphatic heterocycles. The number of carboxylic acid groups (broad SMARTS) is 1. The van der Waals surface area contributed by atoms with Crippen molar-refractivity contribution < 1.29 is 14.7 Å². The predicted molar refractivity (Wildman–Crippen MR) is 102 cm³/mol. The average Bonchev–Trinajstić information content (AvgIpc) is 3.14. The molecule has 0 bridgehead atoms. The van der Waals surface area contributed by atoms with Crippen LogP contribution in [0.15, 0.2) is 36.7 Å². The molecule has 8 heteroatoms. The van der Waals surface area contributed by atoms with Gasteiger partial charge in [0.25, 0.3) is 0 Å². The van der Waals surface area contributed by atoms with E-state index in [0.29, 0.717) is 23.9 Å². The monoisotopic (exact) mass is 393 g/mol. The van der Waals surface area contributed by atoms with E-state index < -0.39 is 5.97 Å². The number of carbonyl (C=O) groups excluding carboxylic acids is 1. The molecular formula is C18H20ClN3O3S. The minimum absolute atomic E-state index is 0.147. The van der Waals surface area contributed by atoms with Gasteiger partial charge in [-0.15, -0.1) is 11.8 Å². The van der Waals surface area contributed by atoms with Crippen LogP contribution in [0.3, 0.4) is 0 Å². The summed E-state index contributed by atoms with van der Waals surface area (Å²) in [7, 11) is 0. The molecule has 138 valence electrons. The molecule has 0 saturated carbocycles.